The molecule has 0 saturated heterocycles. The van der Waals surface area contributed by atoms with Crippen molar-refractivity contribution in [2.75, 3.05) is 0 Å². The first-order valence-corrected chi connectivity index (χ1v) is 3.19. The third-order valence-corrected chi connectivity index (χ3v) is 0.842. The summed E-state index contributed by atoms with van der Waals surface area (Å²) in [6.07, 6.45) is 1.56. The Morgan fingerprint density at radius 1 is 1.67 bits per heavy atom. The Morgan fingerprint density at radius 3 is 2.17 bits per heavy atom. The van der Waals surface area contributed by atoms with Gasteiger partial charge in [0.1, 0.15) is 5.01 Å². The standard InChI is InChI=1S/C3H4Br2O/c4-2-1-3(5)6/h1-3,6H. The molecule has 0 rings (SSSR count). The summed E-state index contributed by atoms with van der Waals surface area (Å²) in [5, 5.41) is 7.84. The van der Waals surface area contributed by atoms with Gasteiger partial charge in [-0.05, 0) is 11.1 Å². The topological polar surface area (TPSA) is 20.2 Å². The molecule has 0 fully saturated rings. The molecule has 0 aliphatic rings. The van der Waals surface area contributed by atoms with Crippen LogP contribution in [0.4, 0.5) is 0 Å². The Morgan fingerprint density at radius 2 is 2.17 bits per heavy atom. The number of hydrogen-bond acceptors (Lipinski definition) is 1. The van der Waals surface area contributed by atoms with Gasteiger partial charge in [-0.15, -0.1) is 0 Å². The fourth-order valence-corrected chi connectivity index (χ4v) is 0.911. The summed E-state index contributed by atoms with van der Waals surface area (Å²) < 4.78 is 0. The van der Waals surface area contributed by atoms with Crippen molar-refractivity contribution in [2.24, 2.45) is 0 Å². The second-order valence-corrected chi connectivity index (χ2v) is 2.16. The van der Waals surface area contributed by atoms with Gasteiger partial charge >= 0.3 is 0 Å². The molecule has 0 amide bonds. The van der Waals surface area contributed by atoms with Crippen molar-refractivity contribution < 1.29 is 5.11 Å². The Balaban J connectivity index is 3.03. The first-order valence-electron chi connectivity index (χ1n) is 1.36. The Bertz CT molecular complexity index is 50.8. The second-order valence-electron chi connectivity index (χ2n) is 0.691. The summed E-state index contributed by atoms with van der Waals surface area (Å²) >= 11 is 5.85. The van der Waals surface area contributed by atoms with E-state index < -0.39 is 5.01 Å². The van der Waals surface area contributed by atoms with Gasteiger partial charge in [0, 0.05) is 0 Å². The van der Waals surface area contributed by atoms with Gasteiger partial charge in [-0.25, -0.2) is 0 Å². The molecule has 0 radical (unpaired) electrons. The largest absolute Gasteiger partial charge is 0.378 e. The minimum absolute atomic E-state index is 0.517. The minimum atomic E-state index is -0.517. The van der Waals surface area contributed by atoms with Gasteiger partial charge in [0.2, 0.25) is 0 Å². The highest BCUT2D eigenvalue weighted by Crippen LogP contribution is 1.96. The van der Waals surface area contributed by atoms with Crippen LogP contribution in [0.5, 0.6) is 0 Å². The van der Waals surface area contributed by atoms with Crippen LogP contribution in [0.1, 0.15) is 0 Å². The van der Waals surface area contributed by atoms with Gasteiger partial charge in [0.25, 0.3) is 0 Å². The van der Waals surface area contributed by atoms with Crippen molar-refractivity contribution in [2.45, 2.75) is 5.01 Å². The molecule has 1 atom stereocenters. The molecule has 0 saturated carbocycles. The molecular formula is C3H4Br2O. The van der Waals surface area contributed by atoms with Crippen LogP contribution in [0, 0.1) is 0 Å². The third kappa shape index (κ3) is 4.66. The molecular weight excluding hydrogens is 212 g/mol. The Hall–Kier alpha value is 0.660. The van der Waals surface area contributed by atoms with Crippen LogP contribution in [0.2, 0.25) is 0 Å². The minimum Gasteiger partial charge on any atom is -0.378 e. The van der Waals surface area contributed by atoms with Crippen LogP contribution in [0.25, 0.3) is 0 Å². The molecule has 0 spiro atoms. The van der Waals surface area contributed by atoms with E-state index in [9.17, 15) is 0 Å². The molecule has 0 aromatic rings. The maximum absolute atomic E-state index is 8.35. The zero-order valence-electron chi connectivity index (χ0n) is 2.94. The fourth-order valence-electron chi connectivity index (χ4n) is 0.0600. The highest BCUT2D eigenvalue weighted by molar-refractivity contribution is 9.11. The predicted molar refractivity (Wildman–Crippen MR) is 33.0 cm³/mol. The summed E-state index contributed by atoms with van der Waals surface area (Å²) in [7, 11) is 0. The molecule has 0 aromatic carbocycles. The lowest BCUT2D eigenvalue weighted by atomic mass is 10.7. The van der Waals surface area contributed by atoms with Crippen LogP contribution in [0.3, 0.4) is 0 Å². The molecule has 36 valence electrons. The van der Waals surface area contributed by atoms with Crippen LogP contribution >= 0.6 is 31.9 Å². The van der Waals surface area contributed by atoms with Crippen molar-refractivity contribution in [3.05, 3.63) is 11.1 Å². The number of alkyl halides is 1. The normalized spacial score (nSPS) is 15.8. The van der Waals surface area contributed by atoms with Gasteiger partial charge in [-0.2, -0.15) is 0 Å². The van der Waals surface area contributed by atoms with E-state index in [2.05, 4.69) is 31.9 Å². The molecule has 0 bridgehead atoms. The SMILES string of the molecule is OC(Br)C=CBr. The molecule has 0 aliphatic carbocycles. The van der Waals surface area contributed by atoms with Crippen molar-refractivity contribution in [3.8, 4) is 0 Å². The fraction of sp³-hybridized carbons (Fsp3) is 0.333. The molecule has 0 heterocycles. The van der Waals surface area contributed by atoms with Crippen molar-refractivity contribution in [1.29, 1.82) is 0 Å². The molecule has 0 aromatic heterocycles. The maximum Gasteiger partial charge on any atom is 0.128 e. The van der Waals surface area contributed by atoms with Gasteiger partial charge in [0.15, 0.2) is 0 Å². The number of aliphatic hydroxyl groups excluding tert-OH is 1. The van der Waals surface area contributed by atoms with E-state index in [1.54, 1.807) is 11.1 Å². The van der Waals surface area contributed by atoms with Gasteiger partial charge in [0.05, 0.1) is 0 Å². The molecule has 0 aliphatic heterocycles. The summed E-state index contributed by atoms with van der Waals surface area (Å²) in [6.45, 7) is 0. The third-order valence-electron chi connectivity index (χ3n) is 0.232. The molecule has 6 heavy (non-hydrogen) atoms. The number of hydrogen-bond donors (Lipinski definition) is 1. The Labute approximate surface area is 53.3 Å². The van der Waals surface area contributed by atoms with Crippen LogP contribution in [-0.2, 0) is 0 Å². The predicted octanol–water partition coefficient (Wildman–Crippen LogP) is 1.61. The van der Waals surface area contributed by atoms with E-state index in [0.29, 0.717) is 0 Å². The van der Waals surface area contributed by atoms with E-state index in [-0.39, 0.29) is 0 Å². The number of aliphatic hydroxyl groups is 1. The average Bonchev–Trinajstić information content (AvgIpc) is 1.35. The van der Waals surface area contributed by atoms with E-state index >= 15 is 0 Å². The Kier molecular flexibility index (Phi) is 4.26. The van der Waals surface area contributed by atoms with E-state index in [4.69, 9.17) is 5.11 Å². The number of halogens is 2. The van der Waals surface area contributed by atoms with Crippen LogP contribution in [0.15, 0.2) is 11.1 Å². The lowest BCUT2D eigenvalue weighted by Crippen LogP contribution is -1.83. The highest BCUT2D eigenvalue weighted by Gasteiger charge is 1.81. The highest BCUT2D eigenvalue weighted by atomic mass is 79.9. The van der Waals surface area contributed by atoms with E-state index in [1.807, 2.05) is 0 Å². The van der Waals surface area contributed by atoms with Crippen LogP contribution in [-0.4, -0.2) is 10.1 Å². The summed E-state index contributed by atoms with van der Waals surface area (Å²) in [6, 6.07) is 0. The molecule has 1 unspecified atom stereocenters. The smallest absolute Gasteiger partial charge is 0.128 e. The van der Waals surface area contributed by atoms with Crippen molar-refractivity contribution in [1.82, 2.24) is 0 Å². The average molecular weight is 216 g/mol. The van der Waals surface area contributed by atoms with E-state index in [0.717, 1.165) is 0 Å². The van der Waals surface area contributed by atoms with Crippen molar-refractivity contribution in [3.63, 3.8) is 0 Å². The zero-order chi connectivity index (χ0) is 4.99. The zero-order valence-corrected chi connectivity index (χ0v) is 6.11. The lowest BCUT2D eigenvalue weighted by molar-refractivity contribution is 0.316. The van der Waals surface area contributed by atoms with Gasteiger partial charge in [-0.1, -0.05) is 31.9 Å². The molecule has 1 nitrogen and oxygen atoms in total. The molecule has 1 N–H and O–H groups in total. The first-order chi connectivity index (χ1) is 2.77. The lowest BCUT2D eigenvalue weighted by Gasteiger charge is -1.83. The number of rotatable bonds is 1. The second kappa shape index (κ2) is 3.84. The summed E-state index contributed by atoms with van der Waals surface area (Å²) in [5.41, 5.74) is 0. The van der Waals surface area contributed by atoms with Crippen LogP contribution < -0.4 is 0 Å². The summed E-state index contributed by atoms with van der Waals surface area (Å²) in [4.78, 5) is 1.59. The van der Waals surface area contributed by atoms with Gasteiger partial charge < -0.3 is 5.11 Å². The van der Waals surface area contributed by atoms with Crippen molar-refractivity contribution >= 4 is 31.9 Å². The van der Waals surface area contributed by atoms with E-state index in [1.165, 1.54) is 0 Å². The summed E-state index contributed by atoms with van der Waals surface area (Å²) in [5.74, 6) is 0. The quantitative estimate of drug-likeness (QED) is 0.660. The van der Waals surface area contributed by atoms with Gasteiger partial charge in [-0.3, -0.25) is 0 Å². The first kappa shape index (κ1) is 6.66. The molecule has 3 heteroatoms. The monoisotopic (exact) mass is 214 g/mol. The maximum atomic E-state index is 8.35.